The summed E-state index contributed by atoms with van der Waals surface area (Å²) in [4.78, 5) is 11.1. The molecular weight excluding hydrogens is 210 g/mol. The zero-order valence-electron chi connectivity index (χ0n) is 8.89. The van der Waals surface area contributed by atoms with Crippen LogP contribution in [0.5, 0.6) is 0 Å². The smallest absolute Gasteiger partial charge is 0.449 e. The Morgan fingerprint density at radius 2 is 1.93 bits per heavy atom. The van der Waals surface area contributed by atoms with Crippen LogP contribution in [0, 0.1) is 0 Å². The van der Waals surface area contributed by atoms with Gasteiger partial charge in [0.15, 0.2) is 0 Å². The number of carbonyl (C=O) groups excluding carboxylic acids is 1. The van der Waals surface area contributed by atoms with Crippen molar-refractivity contribution in [1.82, 2.24) is 5.32 Å². The van der Waals surface area contributed by atoms with Gasteiger partial charge >= 0.3 is 13.1 Å². The van der Waals surface area contributed by atoms with E-state index in [2.05, 4.69) is 5.32 Å². The number of hydrogen-bond donors (Lipinski definition) is 1. The van der Waals surface area contributed by atoms with E-state index in [0.717, 1.165) is 0 Å². The topological polar surface area (TPSA) is 38.3 Å². The Hall–Kier alpha value is -0.875. The van der Waals surface area contributed by atoms with E-state index in [9.17, 15) is 17.7 Å². The summed E-state index contributed by atoms with van der Waals surface area (Å²) < 4.78 is 41.3. The summed E-state index contributed by atoms with van der Waals surface area (Å²) in [5.74, 6) is -1.35. The van der Waals surface area contributed by atoms with E-state index < -0.39 is 30.5 Å². The summed E-state index contributed by atoms with van der Waals surface area (Å²) in [6.07, 6.45) is -0.807. The first-order valence-electron chi connectivity index (χ1n) is 4.79. The molecule has 3 nitrogen and oxygen atoms in total. The van der Waals surface area contributed by atoms with Crippen molar-refractivity contribution >= 4 is 13.1 Å². The molecule has 0 aromatic heterocycles. The summed E-state index contributed by atoms with van der Waals surface area (Å²) in [6.45, 7) is 0.138. The van der Waals surface area contributed by atoms with E-state index >= 15 is 0 Å². The molecule has 0 spiro atoms. The Kier molecular flexibility index (Phi) is 2.93. The molecule has 15 heavy (non-hydrogen) atoms. The summed E-state index contributed by atoms with van der Waals surface area (Å²) in [5.41, 5.74) is -0.683. The Bertz CT molecular complexity index is 262. The number of rotatable bonds is 2. The van der Waals surface area contributed by atoms with Crippen LogP contribution in [-0.2, 0) is 4.74 Å². The van der Waals surface area contributed by atoms with Gasteiger partial charge in [-0.2, -0.15) is 0 Å². The molecule has 2 unspecified atom stereocenters. The maximum absolute atomic E-state index is 12.1. The first kappa shape index (κ1) is 12.2. The normalized spacial score (nSPS) is 26.0. The molecule has 0 aliphatic heterocycles. The second-order valence-electron chi connectivity index (χ2n) is 4.78. The third-order valence-corrected chi connectivity index (χ3v) is 2.03. The van der Waals surface area contributed by atoms with Crippen LogP contribution in [0.4, 0.5) is 17.7 Å². The molecule has 0 saturated heterocycles. The Labute approximate surface area is 86.4 Å². The van der Waals surface area contributed by atoms with Gasteiger partial charge < -0.3 is 23.0 Å². The van der Waals surface area contributed by atoms with Crippen LogP contribution in [0.15, 0.2) is 0 Å². The minimum atomic E-state index is -4.83. The van der Waals surface area contributed by atoms with Gasteiger partial charge in [-0.1, -0.05) is 12.2 Å². The van der Waals surface area contributed by atoms with Crippen molar-refractivity contribution in [3.63, 3.8) is 0 Å². The molecular formula is C8H14BF3NO2-. The fourth-order valence-corrected chi connectivity index (χ4v) is 1.26. The molecule has 1 aliphatic rings. The van der Waals surface area contributed by atoms with Gasteiger partial charge in [-0.15, -0.1) is 0 Å². The number of halogens is 3. The van der Waals surface area contributed by atoms with E-state index in [1.807, 2.05) is 0 Å². The van der Waals surface area contributed by atoms with Crippen molar-refractivity contribution in [2.45, 2.75) is 44.7 Å². The van der Waals surface area contributed by atoms with E-state index in [1.54, 1.807) is 20.8 Å². The number of hydrogen-bond acceptors (Lipinski definition) is 2. The van der Waals surface area contributed by atoms with Crippen LogP contribution >= 0.6 is 0 Å². The fourth-order valence-electron chi connectivity index (χ4n) is 1.26. The van der Waals surface area contributed by atoms with E-state index in [0.29, 0.717) is 0 Å². The molecule has 1 N–H and O–H groups in total. The summed E-state index contributed by atoms with van der Waals surface area (Å²) >= 11 is 0. The van der Waals surface area contributed by atoms with Crippen molar-refractivity contribution in [3.8, 4) is 0 Å². The minimum absolute atomic E-state index is 0.0251. The fraction of sp³-hybridized carbons (Fsp3) is 0.875. The van der Waals surface area contributed by atoms with Crippen LogP contribution in [-0.4, -0.2) is 24.7 Å². The Morgan fingerprint density at radius 1 is 1.40 bits per heavy atom. The largest absolute Gasteiger partial charge is 0.483 e. The lowest BCUT2D eigenvalue weighted by Crippen LogP contribution is -2.35. The molecule has 0 bridgehead atoms. The van der Waals surface area contributed by atoms with Gasteiger partial charge in [-0.05, 0) is 20.8 Å². The average Bonchev–Trinajstić information content (AvgIpc) is 2.59. The Morgan fingerprint density at radius 3 is 2.27 bits per heavy atom. The van der Waals surface area contributed by atoms with Gasteiger partial charge in [0.05, 0.1) is 0 Å². The van der Waals surface area contributed by atoms with Gasteiger partial charge in [-0.3, -0.25) is 0 Å². The first-order chi connectivity index (χ1) is 6.59. The molecule has 1 amide bonds. The van der Waals surface area contributed by atoms with Gasteiger partial charge in [-0.25, -0.2) is 4.79 Å². The lowest BCUT2D eigenvalue weighted by atomic mass is 9.83. The summed E-state index contributed by atoms with van der Waals surface area (Å²) in [6, 6.07) is -0.792. The van der Waals surface area contributed by atoms with Gasteiger partial charge in [0.2, 0.25) is 0 Å². The predicted octanol–water partition coefficient (Wildman–Crippen LogP) is 2.50. The van der Waals surface area contributed by atoms with Crippen LogP contribution in [0.2, 0.25) is 5.82 Å². The second kappa shape index (κ2) is 3.61. The van der Waals surface area contributed by atoms with E-state index in [-0.39, 0.29) is 6.42 Å². The van der Waals surface area contributed by atoms with Crippen molar-refractivity contribution < 1.29 is 22.5 Å². The molecule has 0 aromatic rings. The summed E-state index contributed by atoms with van der Waals surface area (Å²) in [7, 11) is 0. The molecule has 88 valence electrons. The minimum Gasteiger partial charge on any atom is -0.449 e. The molecule has 0 heterocycles. The highest BCUT2D eigenvalue weighted by Crippen LogP contribution is 2.47. The molecule has 2 atom stereocenters. The first-order valence-corrected chi connectivity index (χ1v) is 4.79. The lowest BCUT2D eigenvalue weighted by Gasteiger charge is -2.20. The number of ether oxygens (including phenoxy) is 1. The molecule has 1 saturated carbocycles. The number of amides is 1. The maximum Gasteiger partial charge on any atom is 0.483 e. The number of nitrogens with one attached hydrogen (secondary N) is 1. The molecule has 1 aliphatic carbocycles. The average molecular weight is 224 g/mol. The SMILES string of the molecule is CC(C)(C)OC(=O)NC1CC1[B-](F)(F)F. The molecule has 1 fully saturated rings. The van der Waals surface area contributed by atoms with Crippen molar-refractivity contribution in [1.29, 1.82) is 0 Å². The van der Waals surface area contributed by atoms with E-state index in [1.165, 1.54) is 0 Å². The van der Waals surface area contributed by atoms with Crippen molar-refractivity contribution in [3.05, 3.63) is 0 Å². The number of carbonyl (C=O) groups is 1. The highest BCUT2D eigenvalue weighted by molar-refractivity contribution is 6.61. The quantitative estimate of drug-likeness (QED) is 0.731. The van der Waals surface area contributed by atoms with Crippen molar-refractivity contribution in [2.75, 3.05) is 0 Å². The maximum atomic E-state index is 12.1. The highest BCUT2D eigenvalue weighted by Gasteiger charge is 2.51. The molecule has 7 heteroatoms. The van der Waals surface area contributed by atoms with Crippen LogP contribution in [0.3, 0.4) is 0 Å². The standard InChI is InChI=1S/C8H14BF3NO2/c1-8(2,3)15-7(14)13-6-4-5(6)9(10,11)12/h5-6H,4H2,1-3H3,(H,13,14)/q-1. The molecule has 0 aromatic carbocycles. The zero-order valence-corrected chi connectivity index (χ0v) is 8.89. The van der Waals surface area contributed by atoms with Gasteiger partial charge in [0.1, 0.15) is 5.60 Å². The zero-order chi connectivity index (χ0) is 11.9. The lowest BCUT2D eigenvalue weighted by molar-refractivity contribution is 0.0523. The van der Waals surface area contributed by atoms with Gasteiger partial charge in [0.25, 0.3) is 0 Å². The van der Waals surface area contributed by atoms with E-state index in [4.69, 9.17) is 4.74 Å². The van der Waals surface area contributed by atoms with Crippen LogP contribution < -0.4 is 5.32 Å². The molecule has 0 radical (unpaired) electrons. The van der Waals surface area contributed by atoms with Crippen LogP contribution in [0.25, 0.3) is 0 Å². The summed E-state index contributed by atoms with van der Waals surface area (Å²) in [5, 5.41) is 2.20. The second-order valence-corrected chi connectivity index (χ2v) is 4.78. The Balaban J connectivity index is 2.31. The number of alkyl carbamates (subject to hydrolysis) is 1. The molecule has 1 rings (SSSR count). The predicted molar refractivity (Wildman–Crippen MR) is 50.6 cm³/mol. The van der Waals surface area contributed by atoms with Gasteiger partial charge in [0, 0.05) is 6.04 Å². The highest BCUT2D eigenvalue weighted by atomic mass is 19.4. The van der Waals surface area contributed by atoms with Crippen molar-refractivity contribution in [2.24, 2.45) is 0 Å². The van der Waals surface area contributed by atoms with Crippen LogP contribution in [0.1, 0.15) is 27.2 Å². The third-order valence-electron chi connectivity index (χ3n) is 2.03. The third kappa shape index (κ3) is 4.01. The monoisotopic (exact) mass is 224 g/mol.